The van der Waals surface area contributed by atoms with Gasteiger partial charge in [0.2, 0.25) is 0 Å². The van der Waals surface area contributed by atoms with E-state index in [0.717, 1.165) is 51.9 Å². The summed E-state index contributed by atoms with van der Waals surface area (Å²) in [5, 5.41) is 6.86. The fourth-order valence-corrected chi connectivity index (χ4v) is 2.95. The fraction of sp³-hybridized carbons (Fsp3) is 0.632. The predicted molar refractivity (Wildman–Crippen MR) is 121 cm³/mol. The monoisotopic (exact) mass is 475 g/mol. The Hall–Kier alpha value is -1.06. The molecule has 1 saturated heterocycles. The SMILES string of the molecule is CN=C(NCCN(C)c1ccccc1)NCC(C)(C)N1CCOCC1.I. The Bertz CT molecular complexity index is 532. The number of likely N-dealkylation sites (N-methyl/N-ethyl adjacent to an activating group) is 1. The van der Waals surface area contributed by atoms with E-state index in [0.29, 0.717) is 0 Å². The van der Waals surface area contributed by atoms with Gasteiger partial charge in [0.05, 0.1) is 13.2 Å². The van der Waals surface area contributed by atoms with E-state index >= 15 is 0 Å². The quantitative estimate of drug-likeness (QED) is 0.359. The average molecular weight is 475 g/mol. The molecule has 1 heterocycles. The number of hydrogen-bond acceptors (Lipinski definition) is 4. The lowest BCUT2D eigenvalue weighted by Crippen LogP contribution is -2.56. The Morgan fingerprint density at radius 1 is 1.19 bits per heavy atom. The van der Waals surface area contributed by atoms with Gasteiger partial charge in [0.15, 0.2) is 5.96 Å². The summed E-state index contributed by atoms with van der Waals surface area (Å²) >= 11 is 0. The first kappa shape index (κ1) is 23.0. The smallest absolute Gasteiger partial charge is 0.191 e. The molecule has 7 heteroatoms. The fourth-order valence-electron chi connectivity index (χ4n) is 2.95. The van der Waals surface area contributed by atoms with Crippen molar-refractivity contribution in [1.29, 1.82) is 0 Å². The number of benzene rings is 1. The van der Waals surface area contributed by atoms with E-state index in [-0.39, 0.29) is 29.5 Å². The van der Waals surface area contributed by atoms with Crippen molar-refractivity contribution in [2.45, 2.75) is 19.4 Å². The first-order chi connectivity index (χ1) is 12.0. The van der Waals surface area contributed by atoms with Crippen LogP contribution in [0, 0.1) is 0 Å². The lowest BCUT2D eigenvalue weighted by Gasteiger charge is -2.41. The molecule has 0 bridgehead atoms. The second kappa shape index (κ2) is 11.6. The average Bonchev–Trinajstić information content (AvgIpc) is 2.65. The maximum Gasteiger partial charge on any atom is 0.191 e. The van der Waals surface area contributed by atoms with E-state index < -0.39 is 0 Å². The number of hydrogen-bond donors (Lipinski definition) is 2. The van der Waals surface area contributed by atoms with Gasteiger partial charge in [-0.3, -0.25) is 9.89 Å². The van der Waals surface area contributed by atoms with Gasteiger partial charge in [-0.05, 0) is 26.0 Å². The molecule has 0 amide bonds. The molecule has 1 aliphatic heterocycles. The van der Waals surface area contributed by atoms with Gasteiger partial charge >= 0.3 is 0 Å². The van der Waals surface area contributed by atoms with Gasteiger partial charge < -0.3 is 20.3 Å². The van der Waals surface area contributed by atoms with Crippen LogP contribution in [-0.2, 0) is 4.74 Å². The predicted octanol–water partition coefficient (Wildman–Crippen LogP) is 2.02. The van der Waals surface area contributed by atoms with Crippen molar-refractivity contribution in [2.75, 3.05) is 64.9 Å². The van der Waals surface area contributed by atoms with Crippen molar-refractivity contribution in [3.05, 3.63) is 30.3 Å². The van der Waals surface area contributed by atoms with E-state index in [1.807, 2.05) is 13.1 Å². The maximum absolute atomic E-state index is 5.45. The Kier molecular flexibility index (Phi) is 10.3. The van der Waals surface area contributed by atoms with Gasteiger partial charge in [-0.25, -0.2) is 0 Å². The molecule has 0 atom stereocenters. The van der Waals surface area contributed by atoms with Crippen LogP contribution in [0.3, 0.4) is 0 Å². The van der Waals surface area contributed by atoms with E-state index in [2.05, 4.69) is 70.6 Å². The second-order valence-corrected chi connectivity index (χ2v) is 7.02. The normalized spacial score (nSPS) is 15.9. The highest BCUT2D eigenvalue weighted by Crippen LogP contribution is 2.15. The van der Waals surface area contributed by atoms with Gasteiger partial charge in [-0.1, -0.05) is 18.2 Å². The molecule has 2 rings (SSSR count). The summed E-state index contributed by atoms with van der Waals surface area (Å²) in [5.74, 6) is 0.850. The molecule has 1 aromatic rings. The molecular formula is C19H34IN5O. The van der Waals surface area contributed by atoms with E-state index in [9.17, 15) is 0 Å². The molecule has 0 unspecified atom stereocenters. The molecule has 1 fully saturated rings. The maximum atomic E-state index is 5.45. The van der Waals surface area contributed by atoms with Crippen molar-refractivity contribution >= 4 is 35.6 Å². The number of nitrogens with one attached hydrogen (secondary N) is 2. The van der Waals surface area contributed by atoms with Gasteiger partial charge in [0, 0.05) is 58.0 Å². The van der Waals surface area contributed by atoms with Crippen LogP contribution in [0.15, 0.2) is 35.3 Å². The lowest BCUT2D eigenvalue weighted by molar-refractivity contribution is -0.00833. The number of ether oxygens (including phenoxy) is 1. The number of para-hydroxylation sites is 1. The number of anilines is 1. The van der Waals surface area contributed by atoms with Crippen LogP contribution in [0.1, 0.15) is 13.8 Å². The number of nitrogens with zero attached hydrogens (tertiary/aromatic N) is 3. The zero-order valence-electron chi connectivity index (χ0n) is 16.5. The van der Waals surface area contributed by atoms with Crippen molar-refractivity contribution in [1.82, 2.24) is 15.5 Å². The number of halogens is 1. The number of aliphatic imine (C=N–C) groups is 1. The largest absolute Gasteiger partial charge is 0.379 e. The molecule has 148 valence electrons. The summed E-state index contributed by atoms with van der Waals surface area (Å²) in [5.41, 5.74) is 1.29. The van der Waals surface area contributed by atoms with Crippen LogP contribution in [-0.4, -0.2) is 76.4 Å². The van der Waals surface area contributed by atoms with Crippen molar-refractivity contribution < 1.29 is 4.74 Å². The highest BCUT2D eigenvalue weighted by atomic mass is 127. The molecule has 0 aliphatic carbocycles. The summed E-state index contributed by atoms with van der Waals surface area (Å²) < 4.78 is 5.45. The van der Waals surface area contributed by atoms with Crippen LogP contribution in [0.5, 0.6) is 0 Å². The molecule has 1 aromatic carbocycles. The number of rotatable bonds is 7. The zero-order valence-corrected chi connectivity index (χ0v) is 18.8. The third-order valence-electron chi connectivity index (χ3n) is 4.72. The van der Waals surface area contributed by atoms with Crippen LogP contribution >= 0.6 is 24.0 Å². The summed E-state index contributed by atoms with van der Waals surface area (Å²) in [6.45, 7) is 10.8. The van der Waals surface area contributed by atoms with Crippen molar-refractivity contribution in [2.24, 2.45) is 4.99 Å². The van der Waals surface area contributed by atoms with Crippen molar-refractivity contribution in [3.63, 3.8) is 0 Å². The minimum atomic E-state index is 0. The third-order valence-corrected chi connectivity index (χ3v) is 4.72. The molecule has 0 radical (unpaired) electrons. The standard InChI is InChI=1S/C19H33N5O.HI/c1-19(2,24-12-14-25-15-13-24)16-22-18(20-3)21-10-11-23(4)17-8-6-5-7-9-17;/h5-9H,10-16H2,1-4H3,(H2,20,21,22);1H. The third kappa shape index (κ3) is 7.28. The summed E-state index contributed by atoms with van der Waals surface area (Å²) in [4.78, 5) is 9.04. The Balaban J connectivity index is 0.00000338. The van der Waals surface area contributed by atoms with Crippen LogP contribution in [0.2, 0.25) is 0 Å². The van der Waals surface area contributed by atoms with Crippen LogP contribution in [0.25, 0.3) is 0 Å². The first-order valence-electron chi connectivity index (χ1n) is 9.06. The van der Waals surface area contributed by atoms with Gasteiger partial charge in [-0.2, -0.15) is 0 Å². The van der Waals surface area contributed by atoms with Crippen molar-refractivity contribution in [3.8, 4) is 0 Å². The second-order valence-electron chi connectivity index (χ2n) is 7.02. The van der Waals surface area contributed by atoms with Gasteiger partial charge in [0.25, 0.3) is 0 Å². The Morgan fingerprint density at radius 3 is 2.46 bits per heavy atom. The zero-order chi connectivity index (χ0) is 18.1. The van der Waals surface area contributed by atoms with E-state index in [4.69, 9.17) is 4.74 Å². The Morgan fingerprint density at radius 2 is 1.85 bits per heavy atom. The molecule has 6 nitrogen and oxygen atoms in total. The molecule has 2 N–H and O–H groups in total. The van der Waals surface area contributed by atoms with E-state index in [1.54, 1.807) is 0 Å². The molecule has 0 aromatic heterocycles. The van der Waals surface area contributed by atoms with Gasteiger partial charge in [-0.15, -0.1) is 24.0 Å². The van der Waals surface area contributed by atoms with Gasteiger partial charge in [0.1, 0.15) is 0 Å². The molecule has 0 spiro atoms. The molecule has 0 saturated carbocycles. The summed E-state index contributed by atoms with van der Waals surface area (Å²) in [6, 6.07) is 10.4. The topological polar surface area (TPSA) is 52.1 Å². The molecule has 26 heavy (non-hydrogen) atoms. The highest BCUT2D eigenvalue weighted by molar-refractivity contribution is 14.0. The molecular weight excluding hydrogens is 441 g/mol. The van der Waals surface area contributed by atoms with E-state index in [1.165, 1.54) is 5.69 Å². The minimum Gasteiger partial charge on any atom is -0.379 e. The number of guanidine groups is 1. The van der Waals surface area contributed by atoms with Crippen LogP contribution in [0.4, 0.5) is 5.69 Å². The van der Waals surface area contributed by atoms with Crippen LogP contribution < -0.4 is 15.5 Å². The summed E-state index contributed by atoms with van der Waals surface area (Å²) in [7, 11) is 3.92. The first-order valence-corrected chi connectivity index (χ1v) is 9.06. The summed E-state index contributed by atoms with van der Waals surface area (Å²) in [6.07, 6.45) is 0. The Labute approximate surface area is 175 Å². The highest BCUT2D eigenvalue weighted by Gasteiger charge is 2.28. The number of morpholine rings is 1. The lowest BCUT2D eigenvalue weighted by atomic mass is 10.0. The minimum absolute atomic E-state index is 0. The molecule has 1 aliphatic rings.